The van der Waals surface area contributed by atoms with Crippen molar-refractivity contribution in [1.29, 1.82) is 0 Å². The van der Waals surface area contributed by atoms with Crippen LogP contribution in [0.3, 0.4) is 0 Å². The molecular formula is C32H64N2O3. The van der Waals surface area contributed by atoms with E-state index in [1.165, 1.54) is 116 Å². The van der Waals surface area contributed by atoms with Crippen LogP contribution in [0.25, 0.3) is 0 Å². The lowest BCUT2D eigenvalue weighted by Gasteiger charge is -2.16. The molecular weight excluding hydrogens is 460 g/mol. The zero-order valence-corrected chi connectivity index (χ0v) is 25.3. The van der Waals surface area contributed by atoms with Gasteiger partial charge >= 0.3 is 5.97 Å². The summed E-state index contributed by atoms with van der Waals surface area (Å²) < 4.78 is 0. The molecule has 0 heterocycles. The SMILES string of the molecule is CCCCCCCCCCCCCCCC(=O)NCCCN(C)OC(=O)CCCCCCCCCCC. The number of carbonyl (C=O) groups is 2. The van der Waals surface area contributed by atoms with Crippen molar-refractivity contribution < 1.29 is 14.4 Å². The Morgan fingerprint density at radius 3 is 1.35 bits per heavy atom. The van der Waals surface area contributed by atoms with E-state index in [1.54, 1.807) is 12.1 Å². The van der Waals surface area contributed by atoms with Crippen LogP contribution in [0.15, 0.2) is 0 Å². The molecule has 0 aromatic carbocycles. The molecule has 0 rings (SSSR count). The highest BCUT2D eigenvalue weighted by Gasteiger charge is 2.08. The molecule has 0 saturated carbocycles. The summed E-state index contributed by atoms with van der Waals surface area (Å²) in [6.07, 6.45) is 30.3. The molecule has 0 saturated heterocycles. The van der Waals surface area contributed by atoms with Crippen molar-refractivity contribution in [2.24, 2.45) is 0 Å². The van der Waals surface area contributed by atoms with E-state index in [2.05, 4.69) is 19.2 Å². The number of rotatable bonds is 29. The zero-order valence-electron chi connectivity index (χ0n) is 25.3. The number of hydrogen-bond donors (Lipinski definition) is 1. The van der Waals surface area contributed by atoms with Gasteiger partial charge in [0.25, 0.3) is 0 Å². The van der Waals surface area contributed by atoms with E-state index in [9.17, 15) is 9.59 Å². The number of nitrogens with zero attached hydrogens (tertiary/aromatic N) is 1. The van der Waals surface area contributed by atoms with Crippen molar-refractivity contribution in [2.75, 3.05) is 20.1 Å². The van der Waals surface area contributed by atoms with Crippen LogP contribution in [-0.4, -0.2) is 37.1 Å². The molecule has 5 nitrogen and oxygen atoms in total. The first kappa shape index (κ1) is 35.9. The number of carbonyl (C=O) groups excluding carboxylic acids is 2. The fourth-order valence-corrected chi connectivity index (χ4v) is 4.77. The Labute approximate surface area is 231 Å². The lowest BCUT2D eigenvalue weighted by Crippen LogP contribution is -2.29. The Bertz CT molecular complexity index is 498. The summed E-state index contributed by atoms with van der Waals surface area (Å²) in [6.45, 7) is 5.80. The van der Waals surface area contributed by atoms with Crippen LogP contribution in [0.1, 0.15) is 174 Å². The summed E-state index contributed by atoms with van der Waals surface area (Å²) in [6, 6.07) is 0. The second kappa shape index (κ2) is 29.5. The first-order valence-corrected chi connectivity index (χ1v) is 16.3. The summed E-state index contributed by atoms with van der Waals surface area (Å²) in [5.74, 6) is 0.00461. The van der Waals surface area contributed by atoms with Gasteiger partial charge in [0.15, 0.2) is 0 Å². The van der Waals surface area contributed by atoms with Crippen molar-refractivity contribution in [3.05, 3.63) is 0 Å². The maximum absolute atomic E-state index is 12.0. The highest BCUT2D eigenvalue weighted by atomic mass is 16.7. The number of unbranched alkanes of at least 4 members (excludes halogenated alkanes) is 20. The van der Waals surface area contributed by atoms with Crippen molar-refractivity contribution in [1.82, 2.24) is 10.4 Å². The van der Waals surface area contributed by atoms with Crippen LogP contribution in [0.4, 0.5) is 0 Å². The number of hydroxylamine groups is 2. The maximum atomic E-state index is 12.0. The summed E-state index contributed by atoms with van der Waals surface area (Å²) in [4.78, 5) is 29.4. The molecule has 0 aromatic heterocycles. The summed E-state index contributed by atoms with van der Waals surface area (Å²) in [5, 5.41) is 4.60. The van der Waals surface area contributed by atoms with Gasteiger partial charge in [-0.1, -0.05) is 142 Å². The van der Waals surface area contributed by atoms with Gasteiger partial charge in [-0.2, -0.15) is 0 Å². The minimum Gasteiger partial charge on any atom is -0.368 e. The molecule has 0 fully saturated rings. The van der Waals surface area contributed by atoms with Crippen LogP contribution < -0.4 is 5.32 Å². The van der Waals surface area contributed by atoms with E-state index >= 15 is 0 Å². The molecule has 0 atom stereocenters. The number of nitrogens with one attached hydrogen (secondary N) is 1. The highest BCUT2D eigenvalue weighted by Crippen LogP contribution is 2.13. The Hall–Kier alpha value is -1.10. The molecule has 5 heteroatoms. The summed E-state index contributed by atoms with van der Waals surface area (Å²) in [5.41, 5.74) is 0. The quantitative estimate of drug-likeness (QED) is 0.0782. The lowest BCUT2D eigenvalue weighted by molar-refractivity contribution is -0.184. The molecule has 0 aromatic rings. The molecule has 1 amide bonds. The van der Waals surface area contributed by atoms with E-state index in [0.29, 0.717) is 25.9 Å². The Morgan fingerprint density at radius 2 is 0.919 bits per heavy atom. The zero-order chi connectivity index (χ0) is 27.2. The average molecular weight is 525 g/mol. The van der Waals surface area contributed by atoms with Crippen molar-refractivity contribution in [3.8, 4) is 0 Å². The normalized spacial score (nSPS) is 11.2. The molecule has 0 aliphatic carbocycles. The van der Waals surface area contributed by atoms with Crippen molar-refractivity contribution in [2.45, 2.75) is 174 Å². The molecule has 0 bridgehead atoms. The van der Waals surface area contributed by atoms with Crippen molar-refractivity contribution in [3.63, 3.8) is 0 Å². The summed E-state index contributed by atoms with van der Waals surface area (Å²) in [7, 11) is 1.80. The first-order valence-electron chi connectivity index (χ1n) is 16.3. The predicted molar refractivity (Wildman–Crippen MR) is 159 cm³/mol. The molecule has 0 spiro atoms. The lowest BCUT2D eigenvalue weighted by atomic mass is 10.0. The average Bonchev–Trinajstić information content (AvgIpc) is 2.88. The molecule has 220 valence electrons. The van der Waals surface area contributed by atoms with Crippen molar-refractivity contribution >= 4 is 11.9 Å². The topological polar surface area (TPSA) is 58.6 Å². The third-order valence-corrected chi connectivity index (χ3v) is 7.22. The van der Waals surface area contributed by atoms with Crippen LogP contribution in [0, 0.1) is 0 Å². The van der Waals surface area contributed by atoms with Crippen LogP contribution in [-0.2, 0) is 14.4 Å². The van der Waals surface area contributed by atoms with Gasteiger partial charge in [0.05, 0.1) is 0 Å². The fourth-order valence-electron chi connectivity index (χ4n) is 4.77. The Kier molecular flexibility index (Phi) is 28.6. The monoisotopic (exact) mass is 524 g/mol. The van der Waals surface area contributed by atoms with Gasteiger partial charge in [0, 0.05) is 33.0 Å². The van der Waals surface area contributed by atoms with E-state index in [1.807, 2.05) is 0 Å². The number of amides is 1. The summed E-state index contributed by atoms with van der Waals surface area (Å²) >= 11 is 0. The van der Waals surface area contributed by atoms with E-state index in [4.69, 9.17) is 4.84 Å². The standard InChI is InChI=1S/C32H64N2O3/c1-4-6-8-10-12-14-15-16-17-19-20-22-24-27-31(35)33-29-26-30-34(3)37-32(36)28-25-23-21-18-13-11-9-7-5-2/h4-30H2,1-3H3,(H,33,35). The molecule has 0 radical (unpaired) electrons. The molecule has 0 aliphatic rings. The fraction of sp³-hybridized carbons (Fsp3) is 0.938. The third kappa shape index (κ3) is 29.3. The smallest absolute Gasteiger partial charge is 0.325 e. The maximum Gasteiger partial charge on any atom is 0.325 e. The van der Waals surface area contributed by atoms with Gasteiger partial charge in [-0.25, -0.2) is 0 Å². The number of hydrogen-bond acceptors (Lipinski definition) is 4. The molecule has 0 unspecified atom stereocenters. The molecule has 37 heavy (non-hydrogen) atoms. The predicted octanol–water partition coefficient (Wildman–Crippen LogP) is 9.28. The minimum absolute atomic E-state index is 0.142. The van der Waals surface area contributed by atoms with E-state index in [-0.39, 0.29) is 11.9 Å². The minimum atomic E-state index is -0.142. The Balaban J connectivity index is 3.39. The van der Waals surface area contributed by atoms with Gasteiger partial charge in [-0.05, 0) is 19.3 Å². The molecule has 0 aliphatic heterocycles. The highest BCUT2D eigenvalue weighted by molar-refractivity contribution is 5.75. The third-order valence-electron chi connectivity index (χ3n) is 7.22. The van der Waals surface area contributed by atoms with E-state index in [0.717, 1.165) is 32.1 Å². The van der Waals surface area contributed by atoms with Gasteiger partial charge in [0.1, 0.15) is 0 Å². The van der Waals surface area contributed by atoms with Gasteiger partial charge < -0.3 is 10.2 Å². The van der Waals surface area contributed by atoms with E-state index < -0.39 is 0 Å². The largest absolute Gasteiger partial charge is 0.368 e. The second-order valence-corrected chi connectivity index (χ2v) is 11.1. The molecule has 1 N–H and O–H groups in total. The van der Waals surface area contributed by atoms with Gasteiger partial charge in [-0.15, -0.1) is 5.06 Å². The Morgan fingerprint density at radius 1 is 0.541 bits per heavy atom. The van der Waals surface area contributed by atoms with Crippen LogP contribution >= 0.6 is 0 Å². The van der Waals surface area contributed by atoms with Gasteiger partial charge in [0.2, 0.25) is 5.91 Å². The van der Waals surface area contributed by atoms with Crippen LogP contribution in [0.2, 0.25) is 0 Å². The second-order valence-electron chi connectivity index (χ2n) is 11.1. The van der Waals surface area contributed by atoms with Gasteiger partial charge in [-0.3, -0.25) is 9.59 Å². The van der Waals surface area contributed by atoms with Crippen LogP contribution in [0.5, 0.6) is 0 Å². The first-order chi connectivity index (χ1) is 18.1.